The molecule has 2 aromatic rings. The van der Waals surface area contributed by atoms with Crippen LogP contribution < -0.4 is 4.74 Å². The van der Waals surface area contributed by atoms with Crippen LogP contribution in [-0.2, 0) is 32.2 Å². The number of thioether (sulfide) groups is 2. The molecule has 0 amide bonds. The van der Waals surface area contributed by atoms with E-state index < -0.39 is 0 Å². The minimum atomic E-state index is -0.311. The first-order chi connectivity index (χ1) is 15.6. The number of rotatable bonds is 12. The smallest absolute Gasteiger partial charge is 0.302 e. The average Bonchev–Trinajstić information content (AvgIpc) is 2.81. The summed E-state index contributed by atoms with van der Waals surface area (Å²) in [6, 6.07) is 17.9. The van der Waals surface area contributed by atoms with Crippen molar-refractivity contribution in [3.05, 3.63) is 75.5 Å². The average molecular weight is 475 g/mol. The Morgan fingerprint density at radius 1 is 0.875 bits per heavy atom. The van der Waals surface area contributed by atoms with E-state index in [1.54, 1.807) is 7.11 Å². The third-order valence-electron chi connectivity index (χ3n) is 4.77. The van der Waals surface area contributed by atoms with Crippen molar-refractivity contribution in [1.29, 1.82) is 0 Å². The summed E-state index contributed by atoms with van der Waals surface area (Å²) in [6.45, 7) is 3.40. The zero-order valence-electron chi connectivity index (χ0n) is 18.6. The Hall–Kier alpha value is -1.93. The zero-order valence-corrected chi connectivity index (χ0v) is 20.2. The molecule has 0 aliphatic carbocycles. The van der Waals surface area contributed by atoms with Crippen LogP contribution in [0.15, 0.2) is 64.4 Å². The number of hydrogen-bond donors (Lipinski definition) is 0. The van der Waals surface area contributed by atoms with Crippen molar-refractivity contribution in [2.24, 2.45) is 0 Å². The molecular weight excluding hydrogens is 444 g/mol. The van der Waals surface area contributed by atoms with Gasteiger partial charge in [-0.25, -0.2) is 0 Å². The van der Waals surface area contributed by atoms with Gasteiger partial charge in [-0.3, -0.25) is 4.79 Å². The fourth-order valence-electron chi connectivity index (χ4n) is 3.23. The van der Waals surface area contributed by atoms with Crippen LogP contribution in [0.3, 0.4) is 0 Å². The van der Waals surface area contributed by atoms with Crippen molar-refractivity contribution in [3.63, 3.8) is 0 Å². The molecule has 0 fully saturated rings. The van der Waals surface area contributed by atoms with Crippen LogP contribution in [0.25, 0.3) is 0 Å². The first kappa shape index (κ1) is 24.7. The standard InChI is InChI=1S/C25H30O5S2/c1-19(26)30-23(17-28-15-20-6-4-3-5-7-20)14-24-25(32-13-12-31-24)18-29-16-21-8-10-22(27-2)11-9-21/h3-11,23H,12-18H2,1-2H3/t23-/m1/s1. The van der Waals surface area contributed by atoms with Gasteiger partial charge in [0.05, 0.1) is 33.5 Å². The summed E-state index contributed by atoms with van der Waals surface area (Å²) in [7, 11) is 1.66. The van der Waals surface area contributed by atoms with E-state index in [-0.39, 0.29) is 12.1 Å². The van der Waals surface area contributed by atoms with Gasteiger partial charge in [0.25, 0.3) is 0 Å². The summed E-state index contributed by atoms with van der Waals surface area (Å²) in [5.74, 6) is 2.64. The molecule has 2 aromatic carbocycles. The van der Waals surface area contributed by atoms with E-state index in [2.05, 4.69) is 0 Å². The van der Waals surface area contributed by atoms with E-state index in [4.69, 9.17) is 18.9 Å². The highest BCUT2D eigenvalue weighted by molar-refractivity contribution is 8.10. The second kappa shape index (κ2) is 13.6. The second-order valence-electron chi connectivity index (χ2n) is 7.32. The van der Waals surface area contributed by atoms with Crippen molar-refractivity contribution in [2.75, 3.05) is 31.8 Å². The van der Waals surface area contributed by atoms with Gasteiger partial charge in [0, 0.05) is 34.7 Å². The molecule has 1 atom stereocenters. The quantitative estimate of drug-likeness (QED) is 0.380. The number of carbonyl (C=O) groups is 1. The number of hydrogen-bond acceptors (Lipinski definition) is 7. The highest BCUT2D eigenvalue weighted by atomic mass is 32.2. The zero-order chi connectivity index (χ0) is 22.6. The van der Waals surface area contributed by atoms with Crippen molar-refractivity contribution >= 4 is 29.5 Å². The molecule has 0 saturated carbocycles. The molecule has 7 heteroatoms. The fourth-order valence-corrected chi connectivity index (χ4v) is 5.68. The molecular formula is C25H30O5S2. The van der Waals surface area contributed by atoms with Gasteiger partial charge in [-0.05, 0) is 23.3 Å². The fraction of sp³-hybridized carbons (Fsp3) is 0.400. The van der Waals surface area contributed by atoms with E-state index in [1.165, 1.54) is 16.7 Å². The third kappa shape index (κ3) is 8.54. The molecule has 0 bridgehead atoms. The normalized spacial score (nSPS) is 14.8. The number of esters is 1. The maximum absolute atomic E-state index is 11.6. The van der Waals surface area contributed by atoms with Crippen molar-refractivity contribution in [2.45, 2.75) is 32.7 Å². The molecule has 0 saturated heterocycles. The molecule has 1 aliphatic rings. The molecule has 0 radical (unpaired) electrons. The van der Waals surface area contributed by atoms with Gasteiger partial charge < -0.3 is 18.9 Å². The molecule has 1 heterocycles. The maximum atomic E-state index is 11.6. The van der Waals surface area contributed by atoms with E-state index in [1.807, 2.05) is 78.1 Å². The maximum Gasteiger partial charge on any atom is 0.302 e. The molecule has 0 N–H and O–H groups in total. The number of benzene rings is 2. The number of methoxy groups -OCH3 is 1. The van der Waals surface area contributed by atoms with E-state index in [0.29, 0.717) is 32.8 Å². The monoisotopic (exact) mass is 474 g/mol. The Morgan fingerprint density at radius 2 is 1.53 bits per heavy atom. The van der Waals surface area contributed by atoms with Crippen molar-refractivity contribution in [1.82, 2.24) is 0 Å². The van der Waals surface area contributed by atoms with E-state index in [9.17, 15) is 4.79 Å². The SMILES string of the molecule is COc1ccc(COCC2=C(C[C@H](COCc3ccccc3)OC(C)=O)SCCS2)cc1. The van der Waals surface area contributed by atoms with Gasteiger partial charge in [0.15, 0.2) is 0 Å². The highest BCUT2D eigenvalue weighted by Gasteiger charge is 2.21. The molecule has 3 rings (SSSR count). The summed E-state index contributed by atoms with van der Waals surface area (Å²) in [4.78, 5) is 14.1. The molecule has 1 aliphatic heterocycles. The van der Waals surface area contributed by atoms with Crippen LogP contribution in [0.1, 0.15) is 24.5 Å². The summed E-state index contributed by atoms with van der Waals surface area (Å²) in [5.41, 5.74) is 2.21. The molecule has 32 heavy (non-hydrogen) atoms. The van der Waals surface area contributed by atoms with E-state index in [0.717, 1.165) is 28.4 Å². The Morgan fingerprint density at radius 3 is 2.22 bits per heavy atom. The topological polar surface area (TPSA) is 54.0 Å². The lowest BCUT2D eigenvalue weighted by atomic mass is 10.2. The van der Waals surface area contributed by atoms with Gasteiger partial charge in [0.1, 0.15) is 11.9 Å². The largest absolute Gasteiger partial charge is 0.497 e. The van der Waals surface area contributed by atoms with Crippen LogP contribution >= 0.6 is 23.5 Å². The number of ether oxygens (including phenoxy) is 4. The molecule has 172 valence electrons. The Balaban J connectivity index is 1.55. The van der Waals surface area contributed by atoms with Crippen LogP contribution in [0.4, 0.5) is 0 Å². The summed E-state index contributed by atoms with van der Waals surface area (Å²) in [5, 5.41) is 0. The van der Waals surface area contributed by atoms with E-state index >= 15 is 0 Å². The van der Waals surface area contributed by atoms with Gasteiger partial charge in [-0.2, -0.15) is 0 Å². The van der Waals surface area contributed by atoms with Crippen LogP contribution in [-0.4, -0.2) is 43.9 Å². The van der Waals surface area contributed by atoms with Gasteiger partial charge in [-0.1, -0.05) is 42.5 Å². The van der Waals surface area contributed by atoms with Gasteiger partial charge in [0.2, 0.25) is 0 Å². The Labute approximate surface area is 198 Å². The second-order valence-corrected chi connectivity index (χ2v) is 9.70. The molecule has 0 unspecified atom stereocenters. The number of carbonyl (C=O) groups excluding carboxylic acids is 1. The Kier molecular flexibility index (Phi) is 10.5. The van der Waals surface area contributed by atoms with Crippen LogP contribution in [0, 0.1) is 0 Å². The van der Waals surface area contributed by atoms with Crippen LogP contribution in [0.5, 0.6) is 5.75 Å². The Bertz CT molecular complexity index is 868. The minimum Gasteiger partial charge on any atom is -0.497 e. The lowest BCUT2D eigenvalue weighted by Crippen LogP contribution is -2.23. The lowest BCUT2D eigenvalue weighted by Gasteiger charge is -2.24. The van der Waals surface area contributed by atoms with Gasteiger partial charge in [-0.15, -0.1) is 23.5 Å². The molecule has 0 spiro atoms. The predicted octanol–water partition coefficient (Wildman–Crippen LogP) is 5.44. The van der Waals surface area contributed by atoms with Crippen LogP contribution in [0.2, 0.25) is 0 Å². The first-order valence-electron chi connectivity index (χ1n) is 10.6. The predicted molar refractivity (Wildman–Crippen MR) is 131 cm³/mol. The third-order valence-corrected chi connectivity index (χ3v) is 7.45. The minimum absolute atomic E-state index is 0.287. The molecule has 0 aromatic heterocycles. The van der Waals surface area contributed by atoms with Crippen molar-refractivity contribution < 1.29 is 23.7 Å². The van der Waals surface area contributed by atoms with Gasteiger partial charge >= 0.3 is 5.97 Å². The lowest BCUT2D eigenvalue weighted by molar-refractivity contribution is -0.149. The summed E-state index contributed by atoms with van der Waals surface area (Å²) >= 11 is 3.65. The highest BCUT2D eigenvalue weighted by Crippen LogP contribution is 2.37. The first-order valence-corrected chi connectivity index (χ1v) is 12.6. The summed E-state index contributed by atoms with van der Waals surface area (Å²) in [6.07, 6.45) is 0.335. The molecule has 5 nitrogen and oxygen atoms in total. The van der Waals surface area contributed by atoms with Crippen molar-refractivity contribution in [3.8, 4) is 5.75 Å². The summed E-state index contributed by atoms with van der Waals surface area (Å²) < 4.78 is 22.6.